The highest BCUT2D eigenvalue weighted by atomic mass is 35.5. The maximum absolute atomic E-state index is 11.6. The summed E-state index contributed by atoms with van der Waals surface area (Å²) in [5.41, 5.74) is 1.81. The Hall–Kier alpha value is -1.39. The minimum atomic E-state index is -0.00746. The molecule has 1 heterocycles. The van der Waals surface area contributed by atoms with Crippen molar-refractivity contribution in [3.8, 4) is 10.6 Å². The molecule has 0 bridgehead atoms. The lowest BCUT2D eigenvalue weighted by Gasteiger charge is -2.05. The Morgan fingerprint density at radius 2 is 2.33 bits per heavy atom. The molecule has 1 aromatic carbocycles. The molecule has 0 spiro atoms. The smallest absolute Gasteiger partial charge is 0.224 e. The number of hydrogen-bond donors (Lipinski definition) is 1. The summed E-state index contributed by atoms with van der Waals surface area (Å²) >= 11 is 7.13. The van der Waals surface area contributed by atoms with Crippen LogP contribution in [0.4, 0.5) is 5.69 Å². The van der Waals surface area contributed by atoms with Crippen molar-refractivity contribution in [2.45, 2.75) is 12.8 Å². The molecule has 94 valence electrons. The zero-order valence-electron chi connectivity index (χ0n) is 9.73. The van der Waals surface area contributed by atoms with Crippen LogP contribution in [-0.2, 0) is 4.79 Å². The summed E-state index contributed by atoms with van der Waals surface area (Å²) in [6.07, 6.45) is 2.91. The zero-order chi connectivity index (χ0) is 12.8. The first kappa shape index (κ1) is 13.1. The summed E-state index contributed by atoms with van der Waals surface area (Å²) in [6, 6.07) is 7.69. The van der Waals surface area contributed by atoms with Crippen LogP contribution in [-0.4, -0.2) is 16.8 Å². The number of nitrogens with one attached hydrogen (secondary N) is 1. The second-order valence-corrected chi connectivity index (χ2v) is 5.03. The standard InChI is InChI=1S/C13H13ClN2OS/c14-6-2-5-12(17)16-11-4-1-3-10(9-11)13-15-7-8-18-13/h1,3-4,7-9H,2,5-6H2,(H,16,17). The number of amides is 1. The van der Waals surface area contributed by atoms with Crippen LogP contribution in [0.3, 0.4) is 0 Å². The third kappa shape index (κ3) is 3.55. The van der Waals surface area contributed by atoms with E-state index in [-0.39, 0.29) is 5.91 Å². The predicted molar refractivity (Wildman–Crippen MR) is 76.1 cm³/mol. The highest BCUT2D eigenvalue weighted by Crippen LogP contribution is 2.24. The summed E-state index contributed by atoms with van der Waals surface area (Å²) in [5.74, 6) is 0.499. The van der Waals surface area contributed by atoms with E-state index in [1.165, 1.54) is 0 Å². The molecule has 2 rings (SSSR count). The van der Waals surface area contributed by atoms with Crippen molar-refractivity contribution in [1.29, 1.82) is 0 Å². The predicted octanol–water partition coefficient (Wildman–Crippen LogP) is 3.77. The molecule has 18 heavy (non-hydrogen) atoms. The van der Waals surface area contributed by atoms with Gasteiger partial charge >= 0.3 is 0 Å². The van der Waals surface area contributed by atoms with Gasteiger partial charge in [0.25, 0.3) is 0 Å². The molecule has 3 nitrogen and oxygen atoms in total. The monoisotopic (exact) mass is 280 g/mol. The van der Waals surface area contributed by atoms with Gasteiger partial charge in [0.1, 0.15) is 5.01 Å². The fraction of sp³-hybridized carbons (Fsp3) is 0.231. The quantitative estimate of drug-likeness (QED) is 0.847. The van der Waals surface area contributed by atoms with Crippen molar-refractivity contribution >= 4 is 34.5 Å². The van der Waals surface area contributed by atoms with Crippen molar-refractivity contribution in [2.75, 3.05) is 11.2 Å². The minimum Gasteiger partial charge on any atom is -0.326 e. The molecule has 0 saturated heterocycles. The van der Waals surface area contributed by atoms with Crippen LogP contribution in [0.15, 0.2) is 35.8 Å². The Balaban J connectivity index is 2.06. The fourth-order valence-corrected chi connectivity index (χ4v) is 2.32. The Kier molecular flexibility index (Phi) is 4.73. The first-order valence-corrected chi connectivity index (χ1v) is 7.07. The van der Waals surface area contributed by atoms with Crippen LogP contribution in [0, 0.1) is 0 Å². The van der Waals surface area contributed by atoms with Crippen molar-refractivity contribution in [1.82, 2.24) is 4.98 Å². The average Bonchev–Trinajstić information content (AvgIpc) is 2.90. The van der Waals surface area contributed by atoms with Gasteiger partial charge in [0.2, 0.25) is 5.91 Å². The lowest BCUT2D eigenvalue weighted by atomic mass is 10.2. The number of nitrogens with zero attached hydrogens (tertiary/aromatic N) is 1. The SMILES string of the molecule is O=C(CCCCl)Nc1cccc(-c2nccs2)c1. The Morgan fingerprint density at radius 1 is 1.44 bits per heavy atom. The van der Waals surface area contributed by atoms with Gasteiger partial charge in [-0.2, -0.15) is 0 Å². The lowest BCUT2D eigenvalue weighted by molar-refractivity contribution is -0.116. The molecule has 0 aliphatic rings. The normalized spacial score (nSPS) is 10.3. The van der Waals surface area contributed by atoms with Crippen LogP contribution in [0.25, 0.3) is 10.6 Å². The minimum absolute atomic E-state index is 0.00746. The maximum Gasteiger partial charge on any atom is 0.224 e. The summed E-state index contributed by atoms with van der Waals surface area (Å²) in [6.45, 7) is 0. The average molecular weight is 281 g/mol. The number of alkyl halides is 1. The number of aromatic nitrogens is 1. The van der Waals surface area contributed by atoms with Crippen LogP contribution in [0.1, 0.15) is 12.8 Å². The number of rotatable bonds is 5. The van der Waals surface area contributed by atoms with E-state index in [4.69, 9.17) is 11.6 Å². The van der Waals surface area contributed by atoms with Gasteiger partial charge < -0.3 is 5.32 Å². The molecule has 2 aromatic rings. The van der Waals surface area contributed by atoms with E-state index in [1.54, 1.807) is 17.5 Å². The summed E-state index contributed by atoms with van der Waals surface area (Å²) in [7, 11) is 0. The number of carbonyl (C=O) groups is 1. The van der Waals surface area contributed by atoms with Crippen LogP contribution < -0.4 is 5.32 Å². The van der Waals surface area contributed by atoms with Crippen molar-refractivity contribution in [2.24, 2.45) is 0 Å². The number of benzene rings is 1. The molecule has 1 amide bonds. The molecular weight excluding hydrogens is 268 g/mol. The summed E-state index contributed by atoms with van der Waals surface area (Å²) in [5, 5.41) is 5.74. The summed E-state index contributed by atoms with van der Waals surface area (Å²) in [4.78, 5) is 15.8. The fourth-order valence-electron chi connectivity index (χ4n) is 1.55. The van der Waals surface area contributed by atoms with Gasteiger partial charge in [-0.05, 0) is 18.6 Å². The highest BCUT2D eigenvalue weighted by Gasteiger charge is 2.04. The number of hydrogen-bond acceptors (Lipinski definition) is 3. The maximum atomic E-state index is 11.6. The summed E-state index contributed by atoms with van der Waals surface area (Å²) < 4.78 is 0. The highest BCUT2D eigenvalue weighted by molar-refractivity contribution is 7.13. The second kappa shape index (κ2) is 6.52. The number of carbonyl (C=O) groups excluding carboxylic acids is 1. The second-order valence-electron chi connectivity index (χ2n) is 3.76. The van der Waals surface area contributed by atoms with Gasteiger partial charge in [-0.3, -0.25) is 4.79 Å². The molecule has 1 aromatic heterocycles. The van der Waals surface area contributed by atoms with E-state index in [0.717, 1.165) is 16.3 Å². The number of thiazole rings is 1. The molecule has 0 fully saturated rings. The molecule has 0 aliphatic carbocycles. The molecule has 1 N–H and O–H groups in total. The van der Waals surface area contributed by atoms with E-state index >= 15 is 0 Å². The lowest BCUT2D eigenvalue weighted by Crippen LogP contribution is -2.11. The van der Waals surface area contributed by atoms with Crippen molar-refractivity contribution in [3.05, 3.63) is 35.8 Å². The first-order valence-electron chi connectivity index (χ1n) is 5.65. The molecule has 0 atom stereocenters. The Bertz CT molecular complexity index is 513. The molecule has 0 unspecified atom stereocenters. The van der Waals surface area contributed by atoms with Gasteiger partial charge in [-0.1, -0.05) is 12.1 Å². The van der Waals surface area contributed by atoms with E-state index in [9.17, 15) is 4.79 Å². The molecule has 0 saturated carbocycles. The van der Waals surface area contributed by atoms with Crippen LogP contribution in [0.5, 0.6) is 0 Å². The number of anilines is 1. The Morgan fingerprint density at radius 3 is 3.06 bits per heavy atom. The molecule has 5 heteroatoms. The third-order valence-electron chi connectivity index (χ3n) is 2.36. The van der Waals surface area contributed by atoms with Gasteiger partial charge in [0, 0.05) is 35.1 Å². The van der Waals surface area contributed by atoms with Crippen LogP contribution in [0.2, 0.25) is 0 Å². The van der Waals surface area contributed by atoms with Gasteiger partial charge in [0.15, 0.2) is 0 Å². The van der Waals surface area contributed by atoms with E-state index < -0.39 is 0 Å². The largest absolute Gasteiger partial charge is 0.326 e. The number of halogens is 1. The van der Waals surface area contributed by atoms with Gasteiger partial charge in [-0.15, -0.1) is 22.9 Å². The van der Waals surface area contributed by atoms with Crippen molar-refractivity contribution < 1.29 is 4.79 Å². The Labute approximate surface area is 115 Å². The molecular formula is C13H13ClN2OS. The first-order chi connectivity index (χ1) is 8.79. The third-order valence-corrected chi connectivity index (χ3v) is 3.45. The van der Waals surface area contributed by atoms with E-state index in [2.05, 4.69) is 10.3 Å². The van der Waals surface area contributed by atoms with E-state index in [0.29, 0.717) is 18.7 Å². The van der Waals surface area contributed by atoms with Gasteiger partial charge in [-0.25, -0.2) is 4.98 Å². The molecule has 0 aliphatic heterocycles. The van der Waals surface area contributed by atoms with Gasteiger partial charge in [0.05, 0.1) is 0 Å². The topological polar surface area (TPSA) is 42.0 Å². The molecule has 0 radical (unpaired) electrons. The van der Waals surface area contributed by atoms with Crippen LogP contribution >= 0.6 is 22.9 Å². The van der Waals surface area contributed by atoms with E-state index in [1.807, 2.05) is 29.6 Å². The zero-order valence-corrected chi connectivity index (χ0v) is 11.3. The van der Waals surface area contributed by atoms with Crippen molar-refractivity contribution in [3.63, 3.8) is 0 Å².